The fourth-order valence-corrected chi connectivity index (χ4v) is 8.52. The van der Waals surface area contributed by atoms with E-state index in [2.05, 4.69) is 33.5 Å². The fourth-order valence-electron chi connectivity index (χ4n) is 8.52. The Morgan fingerprint density at radius 1 is 0.758 bits per heavy atom. The summed E-state index contributed by atoms with van der Waals surface area (Å²) in [5.74, 6) is -4.82. The average molecular weight is 922 g/mol. The number of benzene rings is 2. The number of amides is 7. The van der Waals surface area contributed by atoms with Gasteiger partial charge in [0, 0.05) is 38.0 Å². The maximum absolute atomic E-state index is 14.2. The van der Waals surface area contributed by atoms with Gasteiger partial charge in [-0.1, -0.05) is 51.2 Å². The van der Waals surface area contributed by atoms with Crippen LogP contribution in [0.2, 0.25) is 0 Å². The Kier molecular flexibility index (Phi) is 19.1. The van der Waals surface area contributed by atoms with Crippen LogP contribution < -0.4 is 31.3 Å². The number of hydrogen-bond acceptors (Lipinski definition) is 12. The van der Waals surface area contributed by atoms with Crippen molar-refractivity contribution in [1.29, 1.82) is 0 Å². The SMILES string of the molecule is CCCCCCCCOc1ccc(C(=O)N[C@H]2CCCNC(=O)[C@@H]3C[C@@H](O)CN3C(=O)[C@H]([C@@H](C)O)NC(=O)[C@H](Cc3ccc(O)cc3)NC(=O)[C@@H]3CCCN3C(=O)[C@H]([C@@H](C)O)NC2=O)cc1. The van der Waals surface area contributed by atoms with E-state index >= 15 is 0 Å². The number of carbonyl (C=O) groups is 7. The number of aromatic hydroxyl groups is 1. The lowest BCUT2D eigenvalue weighted by Gasteiger charge is -2.32. The molecule has 66 heavy (non-hydrogen) atoms. The van der Waals surface area contributed by atoms with Gasteiger partial charge in [-0.2, -0.15) is 0 Å². The molecule has 9 N–H and O–H groups in total. The number of nitrogens with one attached hydrogen (secondary N) is 5. The Bertz CT molecular complexity index is 1980. The van der Waals surface area contributed by atoms with Crippen LogP contribution in [0.3, 0.4) is 0 Å². The molecule has 0 spiro atoms. The molecule has 362 valence electrons. The highest BCUT2D eigenvalue weighted by Crippen LogP contribution is 2.23. The van der Waals surface area contributed by atoms with Gasteiger partial charge in [-0.05, 0) is 87.9 Å². The molecule has 0 unspecified atom stereocenters. The monoisotopic (exact) mass is 921 g/mol. The Hall–Kier alpha value is -5.79. The highest BCUT2D eigenvalue weighted by molar-refractivity contribution is 6.00. The molecule has 3 heterocycles. The van der Waals surface area contributed by atoms with Crippen LogP contribution in [0.1, 0.15) is 107 Å². The smallest absolute Gasteiger partial charge is 0.251 e. The van der Waals surface area contributed by atoms with Crippen molar-refractivity contribution >= 4 is 41.4 Å². The lowest BCUT2D eigenvalue weighted by molar-refractivity contribution is -0.145. The maximum Gasteiger partial charge on any atom is 0.251 e. The Labute approximate surface area is 385 Å². The van der Waals surface area contributed by atoms with E-state index in [1.165, 1.54) is 62.3 Å². The topological polar surface area (TPSA) is 276 Å². The molecular formula is C47H67N7O12. The minimum absolute atomic E-state index is 0.0464. The molecule has 19 nitrogen and oxygen atoms in total. The molecule has 3 saturated heterocycles. The van der Waals surface area contributed by atoms with Crippen LogP contribution in [0.5, 0.6) is 11.5 Å². The van der Waals surface area contributed by atoms with Crippen LogP contribution in [0.15, 0.2) is 48.5 Å². The Balaban J connectivity index is 1.40. The summed E-state index contributed by atoms with van der Waals surface area (Å²) in [7, 11) is 0. The van der Waals surface area contributed by atoms with Gasteiger partial charge in [-0.25, -0.2) is 0 Å². The number of nitrogens with zero attached hydrogens (tertiary/aromatic N) is 2. The number of ether oxygens (including phenoxy) is 1. The number of aliphatic hydroxyl groups excluding tert-OH is 3. The molecule has 0 aromatic heterocycles. The largest absolute Gasteiger partial charge is 0.508 e. The average Bonchev–Trinajstić information content (AvgIpc) is 3.95. The van der Waals surface area contributed by atoms with Crippen molar-refractivity contribution in [3.8, 4) is 11.5 Å². The molecule has 3 aliphatic heterocycles. The quantitative estimate of drug-likeness (QED) is 0.118. The molecule has 3 fully saturated rings. The van der Waals surface area contributed by atoms with Crippen LogP contribution in [0.25, 0.3) is 0 Å². The summed E-state index contributed by atoms with van der Waals surface area (Å²) in [5.41, 5.74) is 0.719. The molecular weight excluding hydrogens is 855 g/mol. The predicted octanol–water partition coefficient (Wildman–Crippen LogP) is 0.551. The first-order valence-corrected chi connectivity index (χ1v) is 23.2. The molecule has 0 radical (unpaired) electrons. The third kappa shape index (κ3) is 14.1. The Morgan fingerprint density at radius 2 is 1.39 bits per heavy atom. The van der Waals surface area contributed by atoms with Gasteiger partial charge in [-0.3, -0.25) is 33.6 Å². The van der Waals surface area contributed by atoms with Crippen molar-refractivity contribution in [2.24, 2.45) is 0 Å². The van der Waals surface area contributed by atoms with Crippen molar-refractivity contribution in [2.75, 3.05) is 26.2 Å². The fraction of sp³-hybridized carbons (Fsp3) is 0.596. The van der Waals surface area contributed by atoms with Crippen LogP contribution in [-0.4, -0.2) is 152 Å². The van der Waals surface area contributed by atoms with Gasteiger partial charge in [0.15, 0.2) is 0 Å². The number of unbranched alkanes of at least 4 members (excludes halogenated alkanes) is 5. The third-order valence-electron chi connectivity index (χ3n) is 12.3. The van der Waals surface area contributed by atoms with E-state index in [0.717, 1.165) is 24.2 Å². The number of aliphatic hydroxyl groups is 3. The van der Waals surface area contributed by atoms with Gasteiger partial charge >= 0.3 is 0 Å². The van der Waals surface area contributed by atoms with Gasteiger partial charge < -0.3 is 61.5 Å². The second kappa shape index (κ2) is 24.7. The maximum atomic E-state index is 14.2. The van der Waals surface area contributed by atoms with Gasteiger partial charge in [0.2, 0.25) is 35.4 Å². The second-order valence-corrected chi connectivity index (χ2v) is 17.6. The first kappa shape index (κ1) is 51.2. The zero-order chi connectivity index (χ0) is 47.9. The van der Waals surface area contributed by atoms with E-state index in [1.54, 1.807) is 24.3 Å². The highest BCUT2D eigenvalue weighted by atomic mass is 16.5. The third-order valence-corrected chi connectivity index (χ3v) is 12.3. The first-order chi connectivity index (χ1) is 31.6. The van der Waals surface area contributed by atoms with Crippen LogP contribution >= 0.6 is 0 Å². The lowest BCUT2D eigenvalue weighted by atomic mass is 10.0. The van der Waals surface area contributed by atoms with E-state index in [1.807, 2.05) is 0 Å². The predicted molar refractivity (Wildman–Crippen MR) is 241 cm³/mol. The minimum atomic E-state index is -1.61. The van der Waals surface area contributed by atoms with Crippen molar-refractivity contribution < 1.29 is 58.7 Å². The molecule has 19 heteroatoms. The summed E-state index contributed by atoms with van der Waals surface area (Å²) < 4.78 is 5.86. The van der Waals surface area contributed by atoms with Crippen molar-refractivity contribution in [3.63, 3.8) is 0 Å². The molecule has 0 bridgehead atoms. The number of hydrogen-bond donors (Lipinski definition) is 9. The molecule has 9 atom stereocenters. The van der Waals surface area contributed by atoms with Gasteiger partial charge in [0.1, 0.15) is 47.8 Å². The molecule has 0 aliphatic carbocycles. The summed E-state index contributed by atoms with van der Waals surface area (Å²) in [4.78, 5) is 100. The zero-order valence-electron chi connectivity index (χ0n) is 38.1. The van der Waals surface area contributed by atoms with Gasteiger partial charge in [0.25, 0.3) is 5.91 Å². The zero-order valence-corrected chi connectivity index (χ0v) is 38.1. The molecule has 0 saturated carbocycles. The van der Waals surface area contributed by atoms with Crippen LogP contribution in [0, 0.1) is 0 Å². The van der Waals surface area contributed by atoms with Crippen LogP contribution in [0.4, 0.5) is 0 Å². The number of rotatable bonds is 14. The van der Waals surface area contributed by atoms with Crippen LogP contribution in [-0.2, 0) is 35.2 Å². The van der Waals surface area contributed by atoms with Gasteiger partial charge in [-0.15, -0.1) is 0 Å². The molecule has 2 aromatic rings. The first-order valence-electron chi connectivity index (χ1n) is 23.2. The minimum Gasteiger partial charge on any atom is -0.508 e. The molecule has 2 aromatic carbocycles. The Morgan fingerprint density at radius 3 is 2.06 bits per heavy atom. The summed E-state index contributed by atoms with van der Waals surface area (Å²) in [6.07, 6.45) is 2.89. The van der Waals surface area contributed by atoms with Crippen molar-refractivity contribution in [3.05, 3.63) is 59.7 Å². The number of phenolic OH excluding ortho intramolecular Hbond substituents is 1. The van der Waals surface area contributed by atoms with Gasteiger partial charge in [0.05, 0.1) is 24.9 Å². The van der Waals surface area contributed by atoms with E-state index in [4.69, 9.17) is 4.74 Å². The summed E-state index contributed by atoms with van der Waals surface area (Å²) in [6, 6.07) is 4.06. The van der Waals surface area contributed by atoms with E-state index < -0.39 is 95.9 Å². The van der Waals surface area contributed by atoms with E-state index in [9.17, 15) is 54.0 Å². The summed E-state index contributed by atoms with van der Waals surface area (Å²) in [6.45, 7) is 5.01. The normalized spacial score (nSPS) is 25.9. The van der Waals surface area contributed by atoms with E-state index in [-0.39, 0.29) is 63.1 Å². The highest BCUT2D eigenvalue weighted by Gasteiger charge is 2.44. The lowest BCUT2D eigenvalue weighted by Crippen LogP contribution is -2.62. The summed E-state index contributed by atoms with van der Waals surface area (Å²) >= 11 is 0. The molecule has 3 aliphatic rings. The summed E-state index contributed by atoms with van der Waals surface area (Å²) in [5, 5.41) is 55.5. The standard InChI is InChI=1S/C47H67N7O12/c1-4-5-6-7-8-9-24-66-34-20-16-31(17-21-34)41(59)49-35-12-10-22-48-44(62)38-26-33(58)27-54(38)47(65)40(29(3)56)52-43(61)36(25-30-14-18-32(57)19-15-30)50-45(63)37-13-11-23-53(37)46(64)39(28(2)55)51-42(35)60/h14-21,28-29,33,35-40,55-58H,4-13,22-27H2,1-3H3,(H,48,62)(H,49,59)(H,50,63)(H,51,60)(H,52,61)/t28-,29-,33-,35+,36+,37+,38+,39+,40+/m1/s1. The number of carbonyl (C=O) groups excluding carboxylic acids is 7. The number of fused-ring (bicyclic) bond motifs is 2. The second-order valence-electron chi connectivity index (χ2n) is 17.6. The van der Waals surface area contributed by atoms with Crippen molar-refractivity contribution in [1.82, 2.24) is 36.4 Å². The molecule has 7 amide bonds. The van der Waals surface area contributed by atoms with E-state index in [0.29, 0.717) is 24.3 Å². The number of phenols is 1. The molecule has 5 rings (SSSR count). The van der Waals surface area contributed by atoms with Crippen molar-refractivity contribution in [2.45, 2.75) is 152 Å².